The summed E-state index contributed by atoms with van der Waals surface area (Å²) >= 11 is 0. The van der Waals surface area contributed by atoms with Crippen LogP contribution in [0.2, 0.25) is 0 Å². The van der Waals surface area contributed by atoms with Crippen LogP contribution in [0, 0.1) is 0 Å². The van der Waals surface area contributed by atoms with Crippen LogP contribution in [0.4, 0.5) is 0 Å². The van der Waals surface area contributed by atoms with Crippen molar-refractivity contribution in [3.05, 3.63) is 71.3 Å². The first-order chi connectivity index (χ1) is 16.3. The number of benzene rings is 2. The van der Waals surface area contributed by atoms with Gasteiger partial charge in [-0.2, -0.15) is 0 Å². The summed E-state index contributed by atoms with van der Waals surface area (Å²) in [6.45, 7) is 4.20. The zero-order valence-electron chi connectivity index (χ0n) is 19.5. The molecule has 8 nitrogen and oxygen atoms in total. The quantitative estimate of drug-likeness (QED) is 0.662. The molecule has 9 heteroatoms. The van der Waals surface area contributed by atoms with E-state index in [1.807, 2.05) is 64.4 Å². The summed E-state index contributed by atoms with van der Waals surface area (Å²) in [5.41, 5.74) is 2.39. The highest BCUT2D eigenvalue weighted by atomic mass is 32.2. The number of rotatable bonds is 6. The van der Waals surface area contributed by atoms with Gasteiger partial charge in [0.05, 0.1) is 11.5 Å². The molecule has 2 fully saturated rings. The monoisotopic (exact) mass is 484 g/mol. The smallest absolute Gasteiger partial charge is 0.253 e. The molecule has 182 valence electrons. The van der Waals surface area contributed by atoms with Gasteiger partial charge in [-0.1, -0.05) is 42.5 Å². The normalized spacial score (nSPS) is 20.0. The van der Waals surface area contributed by atoms with Crippen LogP contribution in [-0.2, 0) is 21.2 Å². The largest absolute Gasteiger partial charge is 0.350 e. The molecule has 1 N–H and O–H groups in total. The van der Waals surface area contributed by atoms with Gasteiger partial charge in [0.25, 0.3) is 5.91 Å². The Bertz CT molecular complexity index is 1080. The van der Waals surface area contributed by atoms with Crippen LogP contribution < -0.4 is 5.32 Å². The molecule has 2 aliphatic heterocycles. The Hall–Kier alpha value is -2.75. The Morgan fingerprint density at radius 2 is 1.50 bits per heavy atom. The van der Waals surface area contributed by atoms with Gasteiger partial charge in [0.15, 0.2) is 9.84 Å². The van der Waals surface area contributed by atoms with Gasteiger partial charge in [-0.3, -0.25) is 14.5 Å². The van der Waals surface area contributed by atoms with Crippen LogP contribution in [0.5, 0.6) is 0 Å². The van der Waals surface area contributed by atoms with E-state index in [0.717, 1.165) is 37.3 Å². The Morgan fingerprint density at radius 1 is 0.882 bits per heavy atom. The molecule has 2 aromatic carbocycles. The molecule has 0 aliphatic carbocycles. The molecular weight excluding hydrogens is 452 g/mol. The summed E-state index contributed by atoms with van der Waals surface area (Å²) in [6, 6.07) is 16.3. The van der Waals surface area contributed by atoms with E-state index >= 15 is 0 Å². The topological polar surface area (TPSA) is 90.0 Å². The molecule has 0 spiro atoms. The highest BCUT2D eigenvalue weighted by molar-refractivity contribution is 7.91. The summed E-state index contributed by atoms with van der Waals surface area (Å²) in [4.78, 5) is 32.0. The van der Waals surface area contributed by atoms with Crippen molar-refractivity contribution in [2.75, 3.05) is 57.8 Å². The second-order valence-corrected chi connectivity index (χ2v) is 11.3. The lowest BCUT2D eigenvalue weighted by Crippen LogP contribution is -2.47. The number of likely N-dealkylation sites (N-methyl/N-ethyl adjacent to an activating group) is 1. The van der Waals surface area contributed by atoms with Crippen molar-refractivity contribution in [1.29, 1.82) is 0 Å². The number of amides is 2. The molecule has 2 heterocycles. The third-order valence-corrected chi connectivity index (χ3v) is 8.18. The second kappa shape index (κ2) is 10.7. The average Bonchev–Trinajstić information content (AvgIpc) is 2.85. The van der Waals surface area contributed by atoms with Gasteiger partial charge in [0, 0.05) is 51.4 Å². The fourth-order valence-electron chi connectivity index (χ4n) is 4.39. The molecule has 0 bridgehead atoms. The molecule has 0 radical (unpaired) electrons. The van der Waals surface area contributed by atoms with Gasteiger partial charge < -0.3 is 15.1 Å². The first kappa shape index (κ1) is 24.4. The number of carbonyl (C=O) groups excluding carboxylic acids is 2. The lowest BCUT2D eigenvalue weighted by Gasteiger charge is -2.33. The molecule has 1 atom stereocenters. The van der Waals surface area contributed by atoms with E-state index in [1.165, 1.54) is 0 Å². The van der Waals surface area contributed by atoms with Gasteiger partial charge in [-0.05, 0) is 30.3 Å². The minimum Gasteiger partial charge on any atom is -0.350 e. The van der Waals surface area contributed by atoms with Gasteiger partial charge in [-0.25, -0.2) is 8.42 Å². The van der Waals surface area contributed by atoms with E-state index in [2.05, 4.69) is 17.3 Å². The molecule has 0 aromatic heterocycles. The van der Waals surface area contributed by atoms with Crippen LogP contribution in [0.15, 0.2) is 54.6 Å². The van der Waals surface area contributed by atoms with Crippen molar-refractivity contribution >= 4 is 21.7 Å². The minimum atomic E-state index is -3.04. The Labute approximate surface area is 201 Å². The number of sulfone groups is 1. The zero-order valence-corrected chi connectivity index (χ0v) is 20.3. The fraction of sp³-hybridized carbons (Fsp3) is 0.440. The van der Waals surface area contributed by atoms with Crippen molar-refractivity contribution in [3.63, 3.8) is 0 Å². The van der Waals surface area contributed by atoms with Crippen molar-refractivity contribution in [3.8, 4) is 0 Å². The van der Waals surface area contributed by atoms with Crippen molar-refractivity contribution in [1.82, 2.24) is 20.0 Å². The third kappa shape index (κ3) is 6.02. The molecular formula is C25H32N4O4S. The minimum absolute atomic E-state index is 0.0351. The SMILES string of the molecule is CN1CCN(C(=O)c2ccc(CNC(=O)C(c3ccccc3)N3CCS(=O)(=O)CC3)cc2)CC1. The number of hydrogen-bond donors (Lipinski definition) is 1. The summed E-state index contributed by atoms with van der Waals surface area (Å²) < 4.78 is 23.7. The van der Waals surface area contributed by atoms with E-state index in [9.17, 15) is 18.0 Å². The predicted octanol–water partition coefficient (Wildman–Crippen LogP) is 1.16. The standard InChI is InChI=1S/C25H32N4O4S/c1-27-11-13-29(14-12-27)25(31)22-9-7-20(8-10-22)19-26-24(30)23(21-5-3-2-4-6-21)28-15-17-34(32,33)18-16-28/h2-10,23H,11-19H2,1H3,(H,26,30). The zero-order chi connectivity index (χ0) is 24.1. The molecule has 2 aliphatic rings. The molecule has 2 saturated heterocycles. The van der Waals surface area contributed by atoms with Crippen LogP contribution in [-0.4, -0.2) is 92.8 Å². The number of nitrogens with one attached hydrogen (secondary N) is 1. The van der Waals surface area contributed by atoms with E-state index in [-0.39, 0.29) is 23.3 Å². The maximum Gasteiger partial charge on any atom is 0.253 e. The Kier molecular flexibility index (Phi) is 7.65. The number of hydrogen-bond acceptors (Lipinski definition) is 6. The van der Waals surface area contributed by atoms with Crippen LogP contribution in [0.1, 0.15) is 27.5 Å². The van der Waals surface area contributed by atoms with E-state index < -0.39 is 15.9 Å². The molecule has 4 rings (SSSR count). The first-order valence-electron chi connectivity index (χ1n) is 11.7. The summed E-state index contributed by atoms with van der Waals surface area (Å²) in [5.74, 6) is -0.00491. The molecule has 1 unspecified atom stereocenters. The second-order valence-electron chi connectivity index (χ2n) is 9.01. The summed E-state index contributed by atoms with van der Waals surface area (Å²) in [5, 5.41) is 3.00. The molecule has 34 heavy (non-hydrogen) atoms. The highest BCUT2D eigenvalue weighted by Crippen LogP contribution is 2.23. The van der Waals surface area contributed by atoms with E-state index in [0.29, 0.717) is 25.2 Å². The lowest BCUT2D eigenvalue weighted by molar-refractivity contribution is -0.126. The Morgan fingerprint density at radius 3 is 2.12 bits per heavy atom. The Balaban J connectivity index is 1.39. The van der Waals surface area contributed by atoms with Gasteiger partial charge in [0.1, 0.15) is 6.04 Å². The predicted molar refractivity (Wildman–Crippen MR) is 131 cm³/mol. The number of carbonyl (C=O) groups is 2. The average molecular weight is 485 g/mol. The van der Waals surface area contributed by atoms with Crippen molar-refractivity contribution in [2.45, 2.75) is 12.6 Å². The van der Waals surface area contributed by atoms with E-state index in [4.69, 9.17) is 0 Å². The van der Waals surface area contributed by atoms with Crippen LogP contribution >= 0.6 is 0 Å². The number of piperazine rings is 1. The molecule has 0 saturated carbocycles. The fourth-order valence-corrected chi connectivity index (χ4v) is 5.62. The van der Waals surface area contributed by atoms with Gasteiger partial charge in [0.2, 0.25) is 5.91 Å². The maximum absolute atomic E-state index is 13.2. The number of nitrogens with zero attached hydrogens (tertiary/aromatic N) is 3. The lowest BCUT2D eigenvalue weighted by atomic mass is 10.0. The van der Waals surface area contributed by atoms with E-state index in [1.54, 1.807) is 0 Å². The first-order valence-corrected chi connectivity index (χ1v) is 13.5. The van der Waals surface area contributed by atoms with Crippen LogP contribution in [0.3, 0.4) is 0 Å². The summed E-state index contributed by atoms with van der Waals surface area (Å²) in [6.07, 6.45) is 0. The van der Waals surface area contributed by atoms with Crippen molar-refractivity contribution in [2.24, 2.45) is 0 Å². The third-order valence-electron chi connectivity index (χ3n) is 6.57. The highest BCUT2D eigenvalue weighted by Gasteiger charge is 2.32. The van der Waals surface area contributed by atoms with Crippen LogP contribution in [0.25, 0.3) is 0 Å². The maximum atomic E-state index is 13.2. The molecule has 2 amide bonds. The van der Waals surface area contributed by atoms with Gasteiger partial charge >= 0.3 is 0 Å². The summed E-state index contributed by atoms with van der Waals surface area (Å²) in [7, 11) is -0.985. The van der Waals surface area contributed by atoms with Gasteiger partial charge in [-0.15, -0.1) is 0 Å². The van der Waals surface area contributed by atoms with Crippen molar-refractivity contribution < 1.29 is 18.0 Å². The molecule has 2 aromatic rings.